The van der Waals surface area contributed by atoms with Crippen LogP contribution in [0.2, 0.25) is 0 Å². The van der Waals surface area contributed by atoms with Crippen molar-refractivity contribution in [3.63, 3.8) is 0 Å². The van der Waals surface area contributed by atoms with Crippen LogP contribution in [0.4, 0.5) is 0 Å². The number of nitrogens with one attached hydrogen (secondary N) is 1. The van der Waals surface area contributed by atoms with Crippen molar-refractivity contribution >= 4 is 0 Å². The summed E-state index contributed by atoms with van der Waals surface area (Å²) in [7, 11) is 0. The topological polar surface area (TPSA) is 48.0 Å². The third-order valence-electron chi connectivity index (χ3n) is 1.74. The third-order valence-corrected chi connectivity index (χ3v) is 1.74. The van der Waals surface area contributed by atoms with E-state index in [-0.39, 0.29) is 0 Å². The molecule has 7 heavy (non-hydrogen) atoms. The second kappa shape index (κ2) is 1.46. The summed E-state index contributed by atoms with van der Waals surface area (Å²) in [6.45, 7) is 4.08. The van der Waals surface area contributed by atoms with Crippen LogP contribution in [-0.2, 0) is 0 Å². The minimum absolute atomic E-state index is 0.361. The molecule has 1 heterocycles. The molecule has 0 bridgehead atoms. The fourth-order valence-electron chi connectivity index (χ4n) is 0.664. The van der Waals surface area contributed by atoms with Gasteiger partial charge in [-0.15, -0.1) is 0 Å². The first kappa shape index (κ1) is 5.06. The minimum Gasteiger partial charge on any atom is -0.329 e. The maximum atomic E-state index is 5.42. The van der Waals surface area contributed by atoms with Crippen LogP contribution in [0.5, 0.6) is 0 Å². The van der Waals surface area contributed by atoms with Gasteiger partial charge in [-0.1, -0.05) is 6.92 Å². The molecular formula is C5H12N2. The van der Waals surface area contributed by atoms with Gasteiger partial charge in [0, 0.05) is 18.6 Å². The normalized spacial score (nSPS) is 38.6. The van der Waals surface area contributed by atoms with Crippen LogP contribution >= 0.6 is 0 Å². The second-order valence-electron chi connectivity index (χ2n) is 2.19. The van der Waals surface area contributed by atoms with E-state index in [9.17, 15) is 0 Å². The van der Waals surface area contributed by atoms with Crippen LogP contribution < -0.4 is 11.1 Å². The Labute approximate surface area is 44.1 Å². The summed E-state index contributed by atoms with van der Waals surface area (Å²) >= 11 is 0. The molecular weight excluding hydrogens is 88.1 g/mol. The van der Waals surface area contributed by atoms with E-state index in [0.29, 0.717) is 5.54 Å². The van der Waals surface area contributed by atoms with E-state index in [1.54, 1.807) is 0 Å². The zero-order valence-electron chi connectivity index (χ0n) is 4.70. The summed E-state index contributed by atoms with van der Waals surface area (Å²) in [4.78, 5) is 0. The lowest BCUT2D eigenvalue weighted by Crippen LogP contribution is -2.25. The average Bonchev–Trinajstić information content (AvgIpc) is 2.46. The number of hydrogen-bond donors (Lipinski definition) is 2. The highest BCUT2D eigenvalue weighted by Gasteiger charge is 2.37. The predicted molar refractivity (Wildman–Crippen MR) is 30.1 cm³/mol. The van der Waals surface area contributed by atoms with E-state index >= 15 is 0 Å². The van der Waals surface area contributed by atoms with Crippen molar-refractivity contribution in [1.29, 1.82) is 0 Å². The van der Waals surface area contributed by atoms with Gasteiger partial charge in [0.25, 0.3) is 0 Å². The Morgan fingerprint density at radius 1 is 1.86 bits per heavy atom. The SMILES string of the molecule is CCC1(CN)CN1. The quantitative estimate of drug-likeness (QED) is 0.468. The molecule has 0 amide bonds. The van der Waals surface area contributed by atoms with Gasteiger partial charge in [-0.3, -0.25) is 0 Å². The maximum Gasteiger partial charge on any atom is 0.0428 e. The van der Waals surface area contributed by atoms with Gasteiger partial charge in [-0.05, 0) is 6.42 Å². The molecule has 0 aromatic carbocycles. The van der Waals surface area contributed by atoms with E-state index in [0.717, 1.165) is 13.1 Å². The summed E-state index contributed by atoms with van der Waals surface area (Å²) < 4.78 is 0. The summed E-state index contributed by atoms with van der Waals surface area (Å²) in [6, 6.07) is 0. The smallest absolute Gasteiger partial charge is 0.0428 e. The molecule has 1 atom stereocenters. The Morgan fingerprint density at radius 2 is 2.43 bits per heavy atom. The first-order valence-electron chi connectivity index (χ1n) is 2.78. The number of hydrogen-bond acceptors (Lipinski definition) is 2. The van der Waals surface area contributed by atoms with Gasteiger partial charge in [0.05, 0.1) is 0 Å². The molecule has 0 spiro atoms. The third kappa shape index (κ3) is 0.763. The maximum absolute atomic E-state index is 5.42. The van der Waals surface area contributed by atoms with Gasteiger partial charge in [0.15, 0.2) is 0 Å². The molecule has 0 saturated carbocycles. The lowest BCUT2D eigenvalue weighted by molar-refractivity contribution is 0.616. The van der Waals surface area contributed by atoms with Crippen LogP contribution in [0.3, 0.4) is 0 Å². The first-order chi connectivity index (χ1) is 3.33. The Bertz CT molecular complexity index is 60.5. The molecule has 1 aliphatic heterocycles. The van der Waals surface area contributed by atoms with Gasteiger partial charge in [-0.2, -0.15) is 0 Å². The summed E-state index contributed by atoms with van der Waals surface area (Å²) in [6.07, 6.45) is 1.17. The summed E-state index contributed by atoms with van der Waals surface area (Å²) in [5.41, 5.74) is 5.78. The zero-order chi connectivity index (χ0) is 5.33. The highest BCUT2D eigenvalue weighted by molar-refractivity contribution is 5.03. The molecule has 0 aromatic heterocycles. The van der Waals surface area contributed by atoms with Gasteiger partial charge in [-0.25, -0.2) is 0 Å². The monoisotopic (exact) mass is 100 g/mol. The Kier molecular flexibility index (Phi) is 1.05. The molecule has 1 fully saturated rings. The molecule has 1 rings (SSSR count). The molecule has 1 aliphatic rings. The molecule has 1 saturated heterocycles. The number of nitrogens with two attached hydrogens (primary N) is 1. The molecule has 42 valence electrons. The highest BCUT2D eigenvalue weighted by atomic mass is 15.2. The fraction of sp³-hybridized carbons (Fsp3) is 1.00. The van der Waals surface area contributed by atoms with Crippen LogP contribution in [-0.4, -0.2) is 18.6 Å². The molecule has 2 heteroatoms. The van der Waals surface area contributed by atoms with Gasteiger partial charge < -0.3 is 11.1 Å². The number of rotatable bonds is 2. The van der Waals surface area contributed by atoms with Crippen molar-refractivity contribution in [3.05, 3.63) is 0 Å². The van der Waals surface area contributed by atoms with Crippen LogP contribution in [0, 0.1) is 0 Å². The van der Waals surface area contributed by atoms with Crippen LogP contribution in [0.1, 0.15) is 13.3 Å². The van der Waals surface area contributed by atoms with E-state index in [1.165, 1.54) is 6.42 Å². The predicted octanol–water partition coefficient (Wildman–Crippen LogP) is -0.303. The van der Waals surface area contributed by atoms with Crippen molar-refractivity contribution < 1.29 is 0 Å². The molecule has 3 N–H and O–H groups in total. The second-order valence-corrected chi connectivity index (χ2v) is 2.19. The lowest BCUT2D eigenvalue weighted by Gasteiger charge is -2.02. The average molecular weight is 100 g/mol. The van der Waals surface area contributed by atoms with E-state index < -0.39 is 0 Å². The molecule has 2 nitrogen and oxygen atoms in total. The first-order valence-corrected chi connectivity index (χ1v) is 2.78. The Hall–Kier alpha value is -0.0800. The van der Waals surface area contributed by atoms with Crippen LogP contribution in [0.25, 0.3) is 0 Å². The van der Waals surface area contributed by atoms with E-state index in [4.69, 9.17) is 5.73 Å². The van der Waals surface area contributed by atoms with Gasteiger partial charge in [0.1, 0.15) is 0 Å². The molecule has 0 aromatic rings. The van der Waals surface area contributed by atoms with Crippen molar-refractivity contribution in [2.24, 2.45) is 5.73 Å². The zero-order valence-corrected chi connectivity index (χ0v) is 4.70. The van der Waals surface area contributed by atoms with Gasteiger partial charge >= 0.3 is 0 Å². The van der Waals surface area contributed by atoms with Crippen molar-refractivity contribution in [2.45, 2.75) is 18.9 Å². The lowest BCUT2D eigenvalue weighted by atomic mass is 10.1. The molecule has 1 unspecified atom stereocenters. The molecule has 0 aliphatic carbocycles. The van der Waals surface area contributed by atoms with Crippen molar-refractivity contribution in [2.75, 3.05) is 13.1 Å². The van der Waals surface area contributed by atoms with Crippen molar-refractivity contribution in [1.82, 2.24) is 5.32 Å². The Balaban J connectivity index is 2.28. The molecule has 0 radical (unpaired) electrons. The van der Waals surface area contributed by atoms with E-state index in [2.05, 4.69) is 12.2 Å². The highest BCUT2D eigenvalue weighted by Crippen LogP contribution is 2.17. The van der Waals surface area contributed by atoms with Crippen LogP contribution in [0.15, 0.2) is 0 Å². The summed E-state index contributed by atoms with van der Waals surface area (Å²) in [5, 5.41) is 3.22. The van der Waals surface area contributed by atoms with Crippen molar-refractivity contribution in [3.8, 4) is 0 Å². The van der Waals surface area contributed by atoms with E-state index in [1.807, 2.05) is 0 Å². The standard InChI is InChI=1S/C5H12N2/c1-2-5(3-6)4-7-5/h7H,2-4,6H2,1H3. The Morgan fingerprint density at radius 3 is 2.43 bits per heavy atom. The minimum atomic E-state index is 0.361. The van der Waals surface area contributed by atoms with Gasteiger partial charge in [0.2, 0.25) is 0 Å². The fourth-order valence-corrected chi connectivity index (χ4v) is 0.664. The summed E-state index contributed by atoms with van der Waals surface area (Å²) in [5.74, 6) is 0. The largest absolute Gasteiger partial charge is 0.329 e.